The minimum atomic E-state index is -0.0135. The topological polar surface area (TPSA) is 34.9 Å². The average Bonchev–Trinajstić information content (AvgIpc) is 2.66. The number of aromatic nitrogens is 2. The van der Waals surface area contributed by atoms with Crippen molar-refractivity contribution in [2.45, 2.75) is 13.5 Å². The summed E-state index contributed by atoms with van der Waals surface area (Å²) in [4.78, 5) is 18.1. The molecular formula is C22H17BrN2O. The molecule has 1 aromatic heterocycles. The Morgan fingerprint density at radius 1 is 0.923 bits per heavy atom. The highest BCUT2D eigenvalue weighted by Crippen LogP contribution is 2.23. The maximum atomic E-state index is 13.3. The van der Waals surface area contributed by atoms with Gasteiger partial charge in [-0.2, -0.15) is 0 Å². The van der Waals surface area contributed by atoms with E-state index in [1.54, 1.807) is 4.57 Å². The summed E-state index contributed by atoms with van der Waals surface area (Å²) in [6.45, 7) is 2.48. The van der Waals surface area contributed by atoms with Crippen LogP contribution < -0.4 is 5.56 Å². The van der Waals surface area contributed by atoms with Crippen molar-refractivity contribution in [1.82, 2.24) is 9.55 Å². The Bertz CT molecular complexity index is 1130. The van der Waals surface area contributed by atoms with Gasteiger partial charge >= 0.3 is 0 Å². The molecule has 0 radical (unpaired) electrons. The van der Waals surface area contributed by atoms with Gasteiger partial charge in [0.05, 0.1) is 17.4 Å². The standard InChI is InChI=1S/C22H17BrN2O/c1-15-6-5-9-19-20(15)24-21(17-10-12-18(23)13-11-17)25(22(19)26)14-16-7-3-2-4-8-16/h2-13H,14H2,1H3. The number of fused-ring (bicyclic) bond motifs is 1. The van der Waals surface area contributed by atoms with Crippen LogP contribution in [-0.4, -0.2) is 9.55 Å². The van der Waals surface area contributed by atoms with Gasteiger partial charge in [0.15, 0.2) is 0 Å². The van der Waals surface area contributed by atoms with Crippen LogP contribution in [-0.2, 0) is 6.54 Å². The molecule has 4 aromatic rings. The van der Waals surface area contributed by atoms with Crippen LogP contribution in [0.2, 0.25) is 0 Å². The van der Waals surface area contributed by atoms with E-state index in [-0.39, 0.29) is 5.56 Å². The van der Waals surface area contributed by atoms with Crippen molar-refractivity contribution in [3.05, 3.63) is 98.7 Å². The fourth-order valence-electron chi connectivity index (χ4n) is 3.12. The van der Waals surface area contributed by atoms with Gasteiger partial charge in [-0.1, -0.05) is 70.5 Å². The molecule has 0 saturated heterocycles. The van der Waals surface area contributed by atoms with Gasteiger partial charge in [-0.05, 0) is 36.2 Å². The summed E-state index contributed by atoms with van der Waals surface area (Å²) in [5.41, 5.74) is 3.75. The van der Waals surface area contributed by atoms with E-state index in [0.29, 0.717) is 17.8 Å². The van der Waals surface area contributed by atoms with Crippen molar-refractivity contribution in [3.63, 3.8) is 0 Å². The third kappa shape index (κ3) is 3.08. The highest BCUT2D eigenvalue weighted by atomic mass is 79.9. The number of para-hydroxylation sites is 1. The summed E-state index contributed by atoms with van der Waals surface area (Å²) in [6.07, 6.45) is 0. The fourth-order valence-corrected chi connectivity index (χ4v) is 3.38. The van der Waals surface area contributed by atoms with Gasteiger partial charge in [0, 0.05) is 10.0 Å². The van der Waals surface area contributed by atoms with Crippen molar-refractivity contribution < 1.29 is 0 Å². The molecule has 0 aliphatic carbocycles. The van der Waals surface area contributed by atoms with E-state index in [1.165, 1.54) is 0 Å². The lowest BCUT2D eigenvalue weighted by atomic mass is 10.1. The van der Waals surface area contributed by atoms with Gasteiger partial charge < -0.3 is 0 Å². The Morgan fingerprint density at radius 2 is 1.65 bits per heavy atom. The Labute approximate surface area is 160 Å². The number of rotatable bonds is 3. The van der Waals surface area contributed by atoms with Crippen molar-refractivity contribution in [1.29, 1.82) is 0 Å². The van der Waals surface area contributed by atoms with Gasteiger partial charge in [-0.25, -0.2) is 4.98 Å². The molecule has 4 rings (SSSR count). The number of aryl methyl sites for hydroxylation is 1. The molecule has 4 heteroatoms. The van der Waals surface area contributed by atoms with Crippen LogP contribution in [0.4, 0.5) is 0 Å². The zero-order valence-electron chi connectivity index (χ0n) is 14.3. The first-order valence-corrected chi connectivity index (χ1v) is 9.23. The predicted molar refractivity (Wildman–Crippen MR) is 109 cm³/mol. The van der Waals surface area contributed by atoms with E-state index in [2.05, 4.69) is 15.9 Å². The molecule has 0 fully saturated rings. The number of halogens is 1. The smallest absolute Gasteiger partial charge is 0.261 e. The first kappa shape index (κ1) is 16.7. The first-order valence-electron chi connectivity index (χ1n) is 8.43. The Balaban J connectivity index is 2.00. The van der Waals surface area contributed by atoms with Gasteiger partial charge in [0.1, 0.15) is 5.82 Å². The molecule has 0 amide bonds. The van der Waals surface area contributed by atoms with Gasteiger partial charge in [0.2, 0.25) is 0 Å². The van der Waals surface area contributed by atoms with Gasteiger partial charge in [0.25, 0.3) is 5.56 Å². The summed E-state index contributed by atoms with van der Waals surface area (Å²) >= 11 is 3.47. The molecule has 3 nitrogen and oxygen atoms in total. The predicted octanol–water partition coefficient (Wildman–Crippen LogP) is 5.18. The molecule has 0 atom stereocenters. The largest absolute Gasteiger partial charge is 0.288 e. The summed E-state index contributed by atoms with van der Waals surface area (Å²) in [5.74, 6) is 0.688. The Morgan fingerprint density at radius 3 is 2.38 bits per heavy atom. The third-order valence-electron chi connectivity index (χ3n) is 4.47. The second kappa shape index (κ2) is 6.89. The van der Waals surface area contributed by atoms with Crippen molar-refractivity contribution in [3.8, 4) is 11.4 Å². The lowest BCUT2D eigenvalue weighted by molar-refractivity contribution is 0.759. The molecule has 0 spiro atoms. The highest BCUT2D eigenvalue weighted by Gasteiger charge is 2.14. The molecule has 3 aromatic carbocycles. The van der Waals surface area contributed by atoms with Crippen molar-refractivity contribution in [2.24, 2.45) is 0 Å². The lowest BCUT2D eigenvalue weighted by Crippen LogP contribution is -2.24. The Kier molecular flexibility index (Phi) is 4.43. The molecule has 0 N–H and O–H groups in total. The zero-order valence-corrected chi connectivity index (χ0v) is 15.9. The number of benzene rings is 3. The summed E-state index contributed by atoms with van der Waals surface area (Å²) in [5, 5.41) is 0.654. The minimum absolute atomic E-state index is 0.0135. The summed E-state index contributed by atoms with van der Waals surface area (Å²) in [7, 11) is 0. The average molecular weight is 405 g/mol. The maximum absolute atomic E-state index is 13.3. The summed E-state index contributed by atoms with van der Waals surface area (Å²) in [6, 6.07) is 23.7. The normalized spacial score (nSPS) is 11.0. The number of nitrogens with zero attached hydrogens (tertiary/aromatic N) is 2. The third-order valence-corrected chi connectivity index (χ3v) is 5.00. The van der Waals surface area contributed by atoms with E-state index in [4.69, 9.17) is 4.98 Å². The molecule has 0 aliphatic rings. The number of hydrogen-bond acceptors (Lipinski definition) is 2. The quantitative estimate of drug-likeness (QED) is 0.471. The van der Waals surface area contributed by atoms with Crippen molar-refractivity contribution in [2.75, 3.05) is 0 Å². The van der Waals surface area contributed by atoms with E-state index in [1.807, 2.05) is 79.7 Å². The summed E-state index contributed by atoms with van der Waals surface area (Å²) < 4.78 is 2.76. The lowest BCUT2D eigenvalue weighted by Gasteiger charge is -2.15. The fraction of sp³-hybridized carbons (Fsp3) is 0.0909. The minimum Gasteiger partial charge on any atom is -0.288 e. The van der Waals surface area contributed by atoms with E-state index < -0.39 is 0 Å². The van der Waals surface area contributed by atoms with Crippen LogP contribution in [0.1, 0.15) is 11.1 Å². The molecule has 0 unspecified atom stereocenters. The van der Waals surface area contributed by atoms with Crippen molar-refractivity contribution >= 4 is 26.8 Å². The van der Waals surface area contributed by atoms with Gasteiger partial charge in [-0.15, -0.1) is 0 Å². The van der Waals surface area contributed by atoms with Crippen LogP contribution >= 0.6 is 15.9 Å². The van der Waals surface area contributed by atoms with E-state index in [0.717, 1.165) is 26.7 Å². The molecule has 128 valence electrons. The first-order chi connectivity index (χ1) is 12.6. The maximum Gasteiger partial charge on any atom is 0.261 e. The second-order valence-corrected chi connectivity index (χ2v) is 7.21. The second-order valence-electron chi connectivity index (χ2n) is 6.29. The zero-order chi connectivity index (χ0) is 18.1. The molecule has 1 heterocycles. The molecule has 26 heavy (non-hydrogen) atoms. The van der Waals surface area contributed by atoms with Crippen LogP contribution in [0, 0.1) is 6.92 Å². The Hall–Kier alpha value is -2.72. The van der Waals surface area contributed by atoms with E-state index in [9.17, 15) is 4.79 Å². The van der Waals surface area contributed by atoms with Crippen LogP contribution in [0.25, 0.3) is 22.3 Å². The van der Waals surface area contributed by atoms with E-state index >= 15 is 0 Å². The molecular weight excluding hydrogens is 388 g/mol. The number of hydrogen-bond donors (Lipinski definition) is 0. The monoisotopic (exact) mass is 404 g/mol. The molecule has 0 bridgehead atoms. The molecule has 0 saturated carbocycles. The van der Waals surface area contributed by atoms with Gasteiger partial charge in [-0.3, -0.25) is 9.36 Å². The highest BCUT2D eigenvalue weighted by molar-refractivity contribution is 9.10. The van der Waals surface area contributed by atoms with Crippen LogP contribution in [0.15, 0.2) is 82.1 Å². The van der Waals surface area contributed by atoms with Crippen LogP contribution in [0.5, 0.6) is 0 Å². The molecule has 0 aliphatic heterocycles. The van der Waals surface area contributed by atoms with Crippen LogP contribution in [0.3, 0.4) is 0 Å². The SMILES string of the molecule is Cc1cccc2c(=O)n(Cc3ccccc3)c(-c3ccc(Br)cc3)nc12.